The third-order valence-electron chi connectivity index (χ3n) is 6.96. The van der Waals surface area contributed by atoms with Gasteiger partial charge in [-0.3, -0.25) is 9.48 Å². The summed E-state index contributed by atoms with van der Waals surface area (Å²) in [5.74, 6) is 0.908. The van der Waals surface area contributed by atoms with Crippen LogP contribution in [-0.2, 0) is 16.5 Å². The lowest BCUT2D eigenvalue weighted by Crippen LogP contribution is -2.52. The van der Waals surface area contributed by atoms with Crippen molar-refractivity contribution in [3.63, 3.8) is 0 Å². The van der Waals surface area contributed by atoms with E-state index in [1.54, 1.807) is 0 Å². The first-order valence-electron chi connectivity index (χ1n) is 12.6. The summed E-state index contributed by atoms with van der Waals surface area (Å²) in [5.41, 5.74) is 2.51. The van der Waals surface area contributed by atoms with E-state index in [2.05, 4.69) is 12.0 Å². The summed E-state index contributed by atoms with van der Waals surface area (Å²) in [6.45, 7) is 10.3. The fraction of sp³-hybridized carbons (Fsp3) is 0.630. The van der Waals surface area contributed by atoms with E-state index in [9.17, 15) is 4.79 Å². The van der Waals surface area contributed by atoms with Crippen molar-refractivity contribution in [3.05, 3.63) is 47.3 Å². The third kappa shape index (κ3) is 5.47. The molecule has 34 heavy (non-hydrogen) atoms. The molecule has 2 unspecified atom stereocenters. The van der Waals surface area contributed by atoms with Gasteiger partial charge in [-0.05, 0) is 69.9 Å². The number of carbonyl (C=O) groups is 1. The second kappa shape index (κ2) is 10.5. The van der Waals surface area contributed by atoms with Crippen molar-refractivity contribution < 1.29 is 19.0 Å². The van der Waals surface area contributed by atoms with Crippen LogP contribution in [0.25, 0.3) is 0 Å². The highest BCUT2D eigenvalue weighted by Crippen LogP contribution is 2.44. The van der Waals surface area contributed by atoms with Gasteiger partial charge in [0.15, 0.2) is 0 Å². The molecule has 2 fully saturated rings. The number of hydrogen-bond acceptors (Lipinski definition) is 5. The minimum Gasteiger partial charge on any atom is -0.491 e. The molecule has 1 amide bonds. The highest BCUT2D eigenvalue weighted by atomic mass is 16.5. The number of amides is 1. The number of piperidine rings is 1. The summed E-state index contributed by atoms with van der Waals surface area (Å²) in [4.78, 5) is 15.2. The molecule has 2 saturated heterocycles. The molecule has 2 aliphatic heterocycles. The van der Waals surface area contributed by atoms with Crippen LogP contribution in [0.4, 0.5) is 0 Å². The van der Waals surface area contributed by atoms with Crippen LogP contribution in [0.5, 0.6) is 5.75 Å². The Morgan fingerprint density at radius 2 is 2.03 bits per heavy atom. The van der Waals surface area contributed by atoms with E-state index in [1.165, 1.54) is 0 Å². The number of aromatic nitrogens is 2. The Balaban J connectivity index is 1.44. The molecule has 0 saturated carbocycles. The summed E-state index contributed by atoms with van der Waals surface area (Å²) in [6, 6.07) is 7.76. The van der Waals surface area contributed by atoms with Gasteiger partial charge in [0.2, 0.25) is 0 Å². The Kier molecular flexibility index (Phi) is 7.63. The Morgan fingerprint density at radius 1 is 1.26 bits per heavy atom. The minimum absolute atomic E-state index is 0.0403. The van der Waals surface area contributed by atoms with E-state index >= 15 is 0 Å². The molecule has 0 N–H and O–H groups in total. The second-order valence-electron chi connectivity index (χ2n) is 10.0. The van der Waals surface area contributed by atoms with Crippen molar-refractivity contribution in [2.24, 2.45) is 7.05 Å². The van der Waals surface area contributed by atoms with Gasteiger partial charge < -0.3 is 19.1 Å². The monoisotopic (exact) mass is 469 g/mol. The smallest absolute Gasteiger partial charge is 0.253 e. The highest BCUT2D eigenvalue weighted by Gasteiger charge is 2.45. The van der Waals surface area contributed by atoms with Gasteiger partial charge in [0, 0.05) is 51.3 Å². The zero-order chi connectivity index (χ0) is 24.3. The average Bonchev–Trinajstić information content (AvgIpc) is 3.24. The van der Waals surface area contributed by atoms with Crippen molar-refractivity contribution in [2.45, 2.75) is 83.7 Å². The number of nitrogens with zero attached hydrogens (tertiary/aromatic N) is 3. The minimum atomic E-state index is -0.271. The van der Waals surface area contributed by atoms with E-state index in [4.69, 9.17) is 14.2 Å². The molecule has 7 heteroatoms. The van der Waals surface area contributed by atoms with Crippen molar-refractivity contribution in [3.8, 4) is 5.75 Å². The van der Waals surface area contributed by atoms with Crippen LogP contribution in [0.3, 0.4) is 0 Å². The van der Waals surface area contributed by atoms with Crippen LogP contribution in [0.2, 0.25) is 0 Å². The van der Waals surface area contributed by atoms with E-state index in [1.807, 2.05) is 67.9 Å². The van der Waals surface area contributed by atoms with E-state index in [0.717, 1.165) is 55.7 Å². The molecule has 0 bridgehead atoms. The van der Waals surface area contributed by atoms with Crippen LogP contribution in [0.15, 0.2) is 30.5 Å². The number of aryl methyl sites for hydroxylation is 2. The van der Waals surface area contributed by atoms with Gasteiger partial charge in [-0.15, -0.1) is 0 Å². The average molecular weight is 470 g/mol. The lowest BCUT2D eigenvalue weighted by molar-refractivity contribution is -0.193. The maximum Gasteiger partial charge on any atom is 0.253 e. The number of hydrogen-bond donors (Lipinski definition) is 0. The van der Waals surface area contributed by atoms with Gasteiger partial charge in [-0.2, -0.15) is 5.10 Å². The first-order chi connectivity index (χ1) is 16.3. The van der Waals surface area contributed by atoms with Gasteiger partial charge in [-0.1, -0.05) is 6.92 Å². The number of carbonyl (C=O) groups excluding carboxylic acids is 1. The first-order valence-corrected chi connectivity index (χ1v) is 12.6. The van der Waals surface area contributed by atoms with Crippen LogP contribution in [-0.4, -0.2) is 58.1 Å². The maximum absolute atomic E-state index is 13.3. The van der Waals surface area contributed by atoms with E-state index in [-0.39, 0.29) is 29.8 Å². The zero-order valence-corrected chi connectivity index (χ0v) is 21.3. The quantitative estimate of drug-likeness (QED) is 0.581. The van der Waals surface area contributed by atoms with E-state index < -0.39 is 0 Å². The Bertz CT molecular complexity index is 978. The second-order valence-corrected chi connectivity index (χ2v) is 10.0. The van der Waals surface area contributed by atoms with Crippen LogP contribution in [0.1, 0.15) is 80.6 Å². The molecule has 2 aliphatic rings. The van der Waals surface area contributed by atoms with Gasteiger partial charge in [0.05, 0.1) is 23.5 Å². The summed E-state index contributed by atoms with van der Waals surface area (Å²) in [5, 5.41) is 4.34. The van der Waals surface area contributed by atoms with Gasteiger partial charge in [0.1, 0.15) is 11.9 Å². The lowest BCUT2D eigenvalue weighted by Gasteiger charge is -2.48. The predicted octanol–water partition coefficient (Wildman–Crippen LogP) is 4.84. The van der Waals surface area contributed by atoms with Crippen molar-refractivity contribution in [1.82, 2.24) is 14.7 Å². The molecule has 0 aliphatic carbocycles. The van der Waals surface area contributed by atoms with Crippen molar-refractivity contribution >= 4 is 5.91 Å². The highest BCUT2D eigenvalue weighted by molar-refractivity contribution is 5.94. The zero-order valence-electron chi connectivity index (χ0n) is 21.3. The third-order valence-corrected chi connectivity index (χ3v) is 6.96. The van der Waals surface area contributed by atoms with Crippen molar-refractivity contribution in [2.75, 3.05) is 19.7 Å². The molecule has 0 radical (unpaired) electrons. The van der Waals surface area contributed by atoms with Gasteiger partial charge >= 0.3 is 0 Å². The molecule has 4 rings (SSSR count). The number of rotatable bonds is 7. The predicted molar refractivity (Wildman–Crippen MR) is 131 cm³/mol. The Hall–Kier alpha value is -2.38. The summed E-state index contributed by atoms with van der Waals surface area (Å²) in [6.07, 6.45) is 6.39. The Morgan fingerprint density at radius 3 is 2.65 bits per heavy atom. The van der Waals surface area contributed by atoms with E-state index in [0.29, 0.717) is 18.7 Å². The number of likely N-dealkylation sites (tertiary alicyclic amines) is 1. The molecule has 2 aromatic rings. The standard InChI is InChI=1S/C27H39N3O4/c1-6-15-32-22-17-25(23-9-12-28-29(23)5)34-27(18-22)10-13-30(14-11-27)26(31)21-7-8-24(20(4)16-21)33-19(2)3/h7-9,12,16,19,22,25H,6,10-11,13-15,17-18H2,1-5H3. The fourth-order valence-electron chi connectivity index (χ4n) is 5.22. The molecule has 1 spiro atoms. The summed E-state index contributed by atoms with van der Waals surface area (Å²) < 4.78 is 20.7. The normalized spacial score (nSPS) is 22.4. The molecular weight excluding hydrogens is 430 g/mol. The molecule has 3 heterocycles. The molecule has 1 aromatic heterocycles. The van der Waals surface area contributed by atoms with Crippen LogP contribution >= 0.6 is 0 Å². The lowest BCUT2D eigenvalue weighted by atomic mass is 9.81. The molecule has 7 nitrogen and oxygen atoms in total. The number of ether oxygens (including phenoxy) is 3. The number of benzene rings is 1. The maximum atomic E-state index is 13.3. The van der Waals surface area contributed by atoms with Crippen LogP contribution in [0, 0.1) is 6.92 Å². The van der Waals surface area contributed by atoms with Gasteiger partial charge in [-0.25, -0.2) is 0 Å². The van der Waals surface area contributed by atoms with Crippen molar-refractivity contribution in [1.29, 1.82) is 0 Å². The first kappa shape index (κ1) is 24.7. The summed E-state index contributed by atoms with van der Waals surface area (Å²) >= 11 is 0. The molecule has 2 atom stereocenters. The largest absolute Gasteiger partial charge is 0.491 e. The Labute approximate surface area is 203 Å². The molecular formula is C27H39N3O4. The van der Waals surface area contributed by atoms with Crippen LogP contribution < -0.4 is 4.74 Å². The summed E-state index contributed by atoms with van der Waals surface area (Å²) in [7, 11) is 1.96. The van der Waals surface area contributed by atoms with Gasteiger partial charge in [0.25, 0.3) is 5.91 Å². The molecule has 1 aromatic carbocycles. The topological polar surface area (TPSA) is 65.8 Å². The fourth-order valence-corrected chi connectivity index (χ4v) is 5.22. The SMILES string of the molecule is CCCOC1CC(c2ccnn2C)OC2(CCN(C(=O)c3ccc(OC(C)C)c(C)c3)CC2)C1. The molecule has 186 valence electrons.